The van der Waals surface area contributed by atoms with E-state index in [-0.39, 0.29) is 17.0 Å². The van der Waals surface area contributed by atoms with E-state index in [0.29, 0.717) is 5.82 Å². The molecular weight excluding hydrogens is 310 g/mol. The normalized spacial score (nSPS) is 23.5. The maximum Gasteiger partial charge on any atom is 0.291 e. The predicted molar refractivity (Wildman–Crippen MR) is 98.8 cm³/mol. The summed E-state index contributed by atoms with van der Waals surface area (Å²) in [6, 6.07) is 10.8. The third-order valence-corrected chi connectivity index (χ3v) is 6.13. The third kappa shape index (κ3) is 2.27. The number of allylic oxidation sites excluding steroid dienone is 2. The number of rotatable bonds is 2. The second-order valence-corrected chi connectivity index (χ2v) is 7.71. The summed E-state index contributed by atoms with van der Waals surface area (Å²) in [6.07, 6.45) is 11.0. The quantitative estimate of drug-likeness (QED) is 0.855. The van der Waals surface area contributed by atoms with Crippen LogP contribution < -0.4 is 10.5 Å². The molecule has 1 aliphatic heterocycles. The zero-order valence-corrected chi connectivity index (χ0v) is 14.4. The molecule has 0 radical (unpaired) electrons. The van der Waals surface area contributed by atoms with E-state index in [0.717, 1.165) is 50.0 Å². The maximum atomic E-state index is 12.7. The number of aromatic nitrogens is 2. The number of aromatic amines is 1. The topological polar surface area (TPSA) is 49.0 Å². The summed E-state index contributed by atoms with van der Waals surface area (Å²) in [4.78, 5) is 22.9. The van der Waals surface area contributed by atoms with Crippen molar-refractivity contribution in [1.82, 2.24) is 9.97 Å². The molecule has 1 atom stereocenters. The first-order valence-corrected chi connectivity index (χ1v) is 9.36. The predicted octanol–water partition coefficient (Wildman–Crippen LogP) is 3.55. The highest BCUT2D eigenvalue weighted by Gasteiger charge is 2.54. The van der Waals surface area contributed by atoms with Crippen LogP contribution in [0.3, 0.4) is 0 Å². The molecule has 1 fully saturated rings. The van der Waals surface area contributed by atoms with Crippen molar-refractivity contribution in [2.45, 2.75) is 44.6 Å². The van der Waals surface area contributed by atoms with Crippen molar-refractivity contribution in [3.05, 3.63) is 69.8 Å². The fourth-order valence-corrected chi connectivity index (χ4v) is 4.89. The van der Waals surface area contributed by atoms with Crippen LogP contribution in [0.4, 0.5) is 5.82 Å². The molecule has 0 bridgehead atoms. The number of hydrogen-bond donors (Lipinski definition) is 1. The molecule has 2 aromatic rings. The van der Waals surface area contributed by atoms with Crippen molar-refractivity contribution in [2.24, 2.45) is 5.41 Å². The summed E-state index contributed by atoms with van der Waals surface area (Å²) >= 11 is 0. The molecule has 128 valence electrons. The van der Waals surface area contributed by atoms with Crippen molar-refractivity contribution >= 4 is 5.82 Å². The Morgan fingerprint density at radius 2 is 1.84 bits per heavy atom. The summed E-state index contributed by atoms with van der Waals surface area (Å²) in [6.45, 7) is 0.911. The van der Waals surface area contributed by atoms with E-state index in [1.54, 1.807) is 0 Å². The molecule has 3 aliphatic rings. The summed E-state index contributed by atoms with van der Waals surface area (Å²) in [5.41, 5.74) is 3.64. The van der Waals surface area contributed by atoms with Crippen molar-refractivity contribution in [3.63, 3.8) is 0 Å². The van der Waals surface area contributed by atoms with Gasteiger partial charge in [0.25, 0.3) is 5.56 Å². The lowest BCUT2D eigenvalue weighted by molar-refractivity contribution is 0.142. The van der Waals surface area contributed by atoms with E-state index >= 15 is 0 Å². The van der Waals surface area contributed by atoms with Gasteiger partial charge in [0, 0.05) is 17.7 Å². The number of nitrogens with one attached hydrogen (secondary N) is 1. The van der Waals surface area contributed by atoms with E-state index in [1.807, 2.05) is 0 Å². The van der Waals surface area contributed by atoms with Gasteiger partial charge in [-0.25, -0.2) is 4.98 Å². The standard InChI is InChI=1S/C21H23N3O/c25-20-19(22-16-10-4-5-11-17(16)23-20)24-14-21(12-6-7-13-21)18(24)15-8-2-1-3-9-15/h1-3,6-9,18H,4-5,10-14H2,(H,23,25). The van der Waals surface area contributed by atoms with Gasteiger partial charge in [0.1, 0.15) is 0 Å². The second-order valence-electron chi connectivity index (χ2n) is 7.71. The summed E-state index contributed by atoms with van der Waals surface area (Å²) in [5, 5.41) is 0. The minimum absolute atomic E-state index is 0.0256. The molecule has 5 rings (SSSR count). The Hall–Kier alpha value is -2.36. The first kappa shape index (κ1) is 14.9. The fraction of sp³-hybridized carbons (Fsp3) is 0.429. The molecule has 2 aliphatic carbocycles. The second kappa shape index (κ2) is 5.58. The van der Waals surface area contributed by atoms with Gasteiger partial charge in [-0.15, -0.1) is 0 Å². The lowest BCUT2D eigenvalue weighted by atomic mass is 9.67. The maximum absolute atomic E-state index is 12.7. The summed E-state index contributed by atoms with van der Waals surface area (Å²) < 4.78 is 0. The first-order chi connectivity index (χ1) is 12.3. The van der Waals surface area contributed by atoms with Gasteiger partial charge in [-0.2, -0.15) is 0 Å². The Bertz CT molecular complexity index is 876. The number of fused-ring (bicyclic) bond motifs is 1. The van der Waals surface area contributed by atoms with Crippen molar-refractivity contribution in [1.29, 1.82) is 0 Å². The molecule has 4 heteroatoms. The molecule has 0 amide bonds. The highest BCUT2D eigenvalue weighted by Crippen LogP contribution is 2.56. The number of anilines is 1. The molecule has 4 nitrogen and oxygen atoms in total. The molecule has 1 aromatic carbocycles. The average Bonchev–Trinajstić information content (AvgIpc) is 3.12. The highest BCUT2D eigenvalue weighted by molar-refractivity contribution is 5.50. The Morgan fingerprint density at radius 1 is 1.08 bits per heavy atom. The minimum atomic E-state index is -0.0256. The monoisotopic (exact) mass is 333 g/mol. The summed E-state index contributed by atoms with van der Waals surface area (Å²) in [5.74, 6) is 0.618. The van der Waals surface area contributed by atoms with Gasteiger partial charge in [0.15, 0.2) is 5.82 Å². The van der Waals surface area contributed by atoms with E-state index in [9.17, 15) is 4.79 Å². The number of benzene rings is 1. The van der Waals surface area contributed by atoms with Gasteiger partial charge in [0.2, 0.25) is 0 Å². The third-order valence-electron chi connectivity index (χ3n) is 6.13. The van der Waals surface area contributed by atoms with Crippen molar-refractivity contribution < 1.29 is 0 Å². The smallest absolute Gasteiger partial charge is 0.291 e. The van der Waals surface area contributed by atoms with Crippen LogP contribution in [0.2, 0.25) is 0 Å². The van der Waals surface area contributed by atoms with Crippen LogP contribution in [-0.4, -0.2) is 16.5 Å². The number of nitrogens with zero attached hydrogens (tertiary/aromatic N) is 2. The van der Waals surface area contributed by atoms with Gasteiger partial charge >= 0.3 is 0 Å². The lowest BCUT2D eigenvalue weighted by Crippen LogP contribution is -2.59. The zero-order valence-electron chi connectivity index (χ0n) is 14.4. The molecular formula is C21H23N3O. The largest absolute Gasteiger partial charge is 0.344 e. The average molecular weight is 333 g/mol. The molecule has 0 saturated carbocycles. The van der Waals surface area contributed by atoms with Crippen LogP contribution in [0.1, 0.15) is 48.7 Å². The molecule has 1 saturated heterocycles. The first-order valence-electron chi connectivity index (χ1n) is 9.36. The number of hydrogen-bond acceptors (Lipinski definition) is 3. The Labute approximate surface area is 147 Å². The SMILES string of the molecule is O=c1[nH]c2c(nc1N1CC3(CC=CC3)C1c1ccccc1)CCCC2. The summed E-state index contributed by atoms with van der Waals surface area (Å²) in [7, 11) is 0. The van der Waals surface area contributed by atoms with Gasteiger partial charge in [-0.05, 0) is 44.1 Å². The number of H-pyrrole nitrogens is 1. The molecule has 1 N–H and O–H groups in total. The van der Waals surface area contributed by atoms with Crippen LogP contribution in [0.5, 0.6) is 0 Å². The minimum Gasteiger partial charge on any atom is -0.344 e. The fourth-order valence-electron chi connectivity index (χ4n) is 4.89. The van der Waals surface area contributed by atoms with Crippen LogP contribution in [0, 0.1) is 5.41 Å². The van der Waals surface area contributed by atoms with Gasteiger partial charge in [0.05, 0.1) is 11.7 Å². The Morgan fingerprint density at radius 3 is 2.64 bits per heavy atom. The number of aryl methyl sites for hydroxylation is 2. The van der Waals surface area contributed by atoms with Gasteiger partial charge < -0.3 is 9.88 Å². The molecule has 1 spiro atoms. The Kier molecular flexibility index (Phi) is 3.34. The van der Waals surface area contributed by atoms with E-state index in [4.69, 9.17) is 4.98 Å². The van der Waals surface area contributed by atoms with Crippen molar-refractivity contribution in [3.8, 4) is 0 Å². The van der Waals surface area contributed by atoms with E-state index in [1.165, 1.54) is 12.0 Å². The van der Waals surface area contributed by atoms with E-state index in [2.05, 4.69) is 52.4 Å². The van der Waals surface area contributed by atoms with Crippen molar-refractivity contribution in [2.75, 3.05) is 11.4 Å². The van der Waals surface area contributed by atoms with Gasteiger partial charge in [-0.3, -0.25) is 4.79 Å². The highest BCUT2D eigenvalue weighted by atomic mass is 16.1. The molecule has 25 heavy (non-hydrogen) atoms. The van der Waals surface area contributed by atoms with Crippen LogP contribution in [-0.2, 0) is 12.8 Å². The molecule has 1 aromatic heterocycles. The molecule has 2 heterocycles. The van der Waals surface area contributed by atoms with Crippen LogP contribution in [0.15, 0.2) is 47.3 Å². The molecule has 1 unspecified atom stereocenters. The van der Waals surface area contributed by atoms with Crippen LogP contribution >= 0.6 is 0 Å². The lowest BCUT2D eigenvalue weighted by Gasteiger charge is -2.56. The Balaban J connectivity index is 1.56. The van der Waals surface area contributed by atoms with Crippen LogP contribution in [0.25, 0.3) is 0 Å². The zero-order chi connectivity index (χ0) is 16.9. The van der Waals surface area contributed by atoms with Gasteiger partial charge in [-0.1, -0.05) is 42.5 Å². The van der Waals surface area contributed by atoms with E-state index < -0.39 is 0 Å².